The molecule has 2 N–H and O–H groups in total. The minimum Gasteiger partial charge on any atom is -0.480 e. The van der Waals surface area contributed by atoms with Crippen LogP contribution in [0.4, 0.5) is 0 Å². The van der Waals surface area contributed by atoms with Crippen LogP contribution in [0.25, 0.3) is 11.1 Å². The number of hydrogen-bond acceptors (Lipinski definition) is 5. The number of thiocarbonyl (C=S) groups is 1. The number of benzene rings is 2. The highest BCUT2D eigenvalue weighted by Crippen LogP contribution is 2.40. The fourth-order valence-electron chi connectivity index (χ4n) is 4.88. The maximum Gasteiger partial charge on any atom is 0.326 e. The molecule has 0 radical (unpaired) electrons. The Morgan fingerprint density at radius 1 is 1.15 bits per heavy atom. The molecule has 2 heterocycles. The van der Waals surface area contributed by atoms with Gasteiger partial charge in [-0.25, -0.2) is 4.79 Å². The monoisotopic (exact) mass is 480 g/mol. The van der Waals surface area contributed by atoms with Gasteiger partial charge in [-0.3, -0.25) is 9.59 Å². The number of hydrogen-bond donors (Lipinski definition) is 2. The molecule has 0 saturated carbocycles. The van der Waals surface area contributed by atoms with Crippen LogP contribution in [0.15, 0.2) is 48.5 Å². The second-order valence-electron chi connectivity index (χ2n) is 8.80. The molecule has 8 heteroatoms. The minimum atomic E-state index is -1.03. The summed E-state index contributed by atoms with van der Waals surface area (Å²) in [4.78, 5) is 40.1. The van der Waals surface area contributed by atoms with Crippen molar-refractivity contribution in [3.8, 4) is 11.1 Å². The number of carbonyl (C=O) groups excluding carboxylic acids is 2. The van der Waals surface area contributed by atoms with Crippen molar-refractivity contribution >= 4 is 34.9 Å². The van der Waals surface area contributed by atoms with Crippen LogP contribution < -0.4 is 5.32 Å². The number of carbonyl (C=O) groups is 3. The average Bonchev–Trinajstić information content (AvgIpc) is 2.97. The van der Waals surface area contributed by atoms with Crippen LogP contribution in [0.3, 0.4) is 0 Å². The topological polar surface area (TPSA) is 95.9 Å². The summed E-state index contributed by atoms with van der Waals surface area (Å²) in [5.74, 6) is -1.97. The van der Waals surface area contributed by atoms with Crippen LogP contribution >= 0.6 is 12.2 Å². The first-order valence-electron chi connectivity index (χ1n) is 11.4. The predicted molar refractivity (Wildman–Crippen MR) is 131 cm³/mol. The summed E-state index contributed by atoms with van der Waals surface area (Å²) in [5.41, 5.74) is 3.90. The molecule has 7 nitrogen and oxygen atoms in total. The number of amides is 2. The van der Waals surface area contributed by atoms with Crippen molar-refractivity contribution < 1.29 is 24.2 Å². The number of rotatable bonds is 6. The zero-order chi connectivity index (χ0) is 24.4. The molecule has 4 atom stereocenters. The van der Waals surface area contributed by atoms with Gasteiger partial charge in [-0.1, -0.05) is 54.7 Å². The second-order valence-corrected chi connectivity index (χ2v) is 9.24. The normalized spacial score (nSPS) is 22.7. The zero-order valence-electron chi connectivity index (χ0n) is 19.2. The number of carboxylic acid groups (broad SMARTS) is 1. The van der Waals surface area contributed by atoms with Crippen molar-refractivity contribution in [3.05, 3.63) is 59.7 Å². The van der Waals surface area contributed by atoms with E-state index >= 15 is 0 Å². The Hall–Kier alpha value is -3.10. The van der Waals surface area contributed by atoms with Gasteiger partial charge in [-0.2, -0.15) is 0 Å². The highest BCUT2D eigenvalue weighted by atomic mass is 32.1. The van der Waals surface area contributed by atoms with Crippen LogP contribution in [0.2, 0.25) is 0 Å². The molecule has 0 bridgehead atoms. The van der Waals surface area contributed by atoms with Gasteiger partial charge in [0.25, 0.3) is 5.91 Å². The number of carboxylic acids is 1. The number of methoxy groups -OCH3 is 1. The van der Waals surface area contributed by atoms with E-state index in [2.05, 4.69) is 11.4 Å². The number of fused-ring (bicyclic) bond motifs is 3. The van der Waals surface area contributed by atoms with E-state index in [4.69, 9.17) is 17.0 Å². The summed E-state index contributed by atoms with van der Waals surface area (Å²) in [5, 5.41) is 12.7. The standard InChI is InChI=1S/C26H28N2O5S/c1-15(33-2)23(34)24(29)27-20-14-18-12-11-17(16-7-4-3-5-8-16)13-19(18)21-9-6-10-22(26(31)32)28(21)25(20)30/h3-5,7-8,11-13,15,20-22H,6,9-10,14H2,1-2H3,(H,27,29)(H,31,32)/t15-,20-,21+,22-/m0/s1. The largest absolute Gasteiger partial charge is 0.480 e. The molecule has 2 aliphatic heterocycles. The average molecular weight is 481 g/mol. The smallest absolute Gasteiger partial charge is 0.326 e. The molecule has 2 amide bonds. The lowest BCUT2D eigenvalue weighted by molar-refractivity contribution is -0.156. The van der Waals surface area contributed by atoms with Crippen LogP contribution in [-0.2, 0) is 25.5 Å². The lowest BCUT2D eigenvalue weighted by Gasteiger charge is -2.40. The van der Waals surface area contributed by atoms with E-state index in [1.54, 1.807) is 6.92 Å². The third-order valence-corrected chi connectivity index (χ3v) is 7.27. The molecule has 34 heavy (non-hydrogen) atoms. The van der Waals surface area contributed by atoms with Gasteiger partial charge in [0.05, 0.1) is 12.1 Å². The summed E-state index contributed by atoms with van der Waals surface area (Å²) in [7, 11) is 1.46. The van der Waals surface area contributed by atoms with Crippen LogP contribution in [-0.4, -0.2) is 58.0 Å². The second kappa shape index (κ2) is 10.0. The van der Waals surface area contributed by atoms with Crippen molar-refractivity contribution in [1.82, 2.24) is 10.2 Å². The number of ether oxygens (including phenoxy) is 1. The molecule has 178 valence electrons. The molecular formula is C26H28N2O5S. The lowest BCUT2D eigenvalue weighted by Crippen LogP contribution is -2.56. The van der Waals surface area contributed by atoms with Gasteiger partial charge in [0, 0.05) is 13.5 Å². The third kappa shape index (κ3) is 4.60. The van der Waals surface area contributed by atoms with E-state index in [-0.39, 0.29) is 17.3 Å². The fraction of sp³-hybridized carbons (Fsp3) is 0.385. The summed E-state index contributed by atoms with van der Waals surface area (Å²) in [6, 6.07) is 13.7. The van der Waals surface area contributed by atoms with E-state index in [0.29, 0.717) is 19.3 Å². The first-order valence-corrected chi connectivity index (χ1v) is 11.8. The molecule has 0 spiro atoms. The Labute approximate surface area is 204 Å². The Kier molecular flexibility index (Phi) is 7.09. The number of aliphatic carboxylic acids is 1. The first kappa shape index (κ1) is 24.0. The molecule has 1 saturated heterocycles. The van der Waals surface area contributed by atoms with Gasteiger partial charge in [0.15, 0.2) is 0 Å². The van der Waals surface area contributed by atoms with Gasteiger partial charge in [0.1, 0.15) is 16.9 Å². The highest BCUT2D eigenvalue weighted by molar-refractivity contribution is 7.82. The van der Waals surface area contributed by atoms with Crippen LogP contribution in [0.1, 0.15) is 43.4 Å². The van der Waals surface area contributed by atoms with Gasteiger partial charge in [-0.05, 0) is 54.5 Å². The number of nitrogens with one attached hydrogen (secondary N) is 1. The minimum absolute atomic E-state index is 0.0455. The Balaban J connectivity index is 1.76. The van der Waals surface area contributed by atoms with Crippen molar-refractivity contribution in [2.24, 2.45) is 0 Å². The number of piperidine rings is 1. The summed E-state index contributed by atoms with van der Waals surface area (Å²) in [6.07, 6.45) is 1.43. The molecule has 4 rings (SSSR count). The first-order chi connectivity index (χ1) is 16.3. The molecule has 0 unspecified atom stereocenters. The summed E-state index contributed by atoms with van der Waals surface area (Å²) >= 11 is 5.21. The summed E-state index contributed by atoms with van der Waals surface area (Å²) < 4.78 is 5.14. The van der Waals surface area contributed by atoms with Crippen molar-refractivity contribution in [3.63, 3.8) is 0 Å². The number of nitrogens with zero attached hydrogens (tertiary/aromatic N) is 1. The van der Waals surface area contributed by atoms with Gasteiger partial charge < -0.3 is 20.1 Å². The van der Waals surface area contributed by atoms with E-state index < -0.39 is 36.0 Å². The molecule has 2 aromatic carbocycles. The van der Waals surface area contributed by atoms with Crippen molar-refractivity contribution in [2.45, 2.75) is 56.8 Å². The Morgan fingerprint density at radius 2 is 1.88 bits per heavy atom. The molecule has 1 fully saturated rings. The quantitative estimate of drug-likeness (QED) is 0.616. The fourth-order valence-corrected chi connectivity index (χ4v) is 5.03. The molecule has 0 aliphatic carbocycles. The maximum atomic E-state index is 13.7. The van der Waals surface area contributed by atoms with E-state index in [0.717, 1.165) is 22.3 Å². The van der Waals surface area contributed by atoms with Crippen LogP contribution in [0, 0.1) is 0 Å². The Morgan fingerprint density at radius 3 is 2.56 bits per heavy atom. The predicted octanol–water partition coefficient (Wildman–Crippen LogP) is 3.31. The highest BCUT2D eigenvalue weighted by Gasteiger charge is 2.44. The zero-order valence-corrected chi connectivity index (χ0v) is 20.0. The third-order valence-electron chi connectivity index (χ3n) is 6.75. The van der Waals surface area contributed by atoms with Crippen LogP contribution in [0.5, 0.6) is 0 Å². The van der Waals surface area contributed by atoms with Crippen molar-refractivity contribution in [2.75, 3.05) is 7.11 Å². The van der Waals surface area contributed by atoms with Gasteiger partial charge >= 0.3 is 5.97 Å². The molecule has 2 aromatic rings. The lowest BCUT2D eigenvalue weighted by atomic mass is 9.87. The Bertz CT molecular complexity index is 1120. The van der Waals surface area contributed by atoms with Gasteiger partial charge in [0.2, 0.25) is 5.91 Å². The van der Waals surface area contributed by atoms with Gasteiger partial charge in [-0.15, -0.1) is 0 Å². The molecular weight excluding hydrogens is 452 g/mol. The van der Waals surface area contributed by atoms with Crippen molar-refractivity contribution in [1.29, 1.82) is 0 Å². The molecule has 2 aliphatic rings. The van der Waals surface area contributed by atoms with E-state index in [9.17, 15) is 19.5 Å². The maximum absolute atomic E-state index is 13.7. The summed E-state index contributed by atoms with van der Waals surface area (Å²) in [6.45, 7) is 1.67. The van der Waals surface area contributed by atoms with E-state index in [1.807, 2.05) is 42.5 Å². The van der Waals surface area contributed by atoms with E-state index in [1.165, 1.54) is 12.0 Å². The SMILES string of the molecule is CO[C@@H](C)C(=S)C(=O)N[C@H]1Cc2ccc(-c3ccccc3)cc2[C@H]2CCC[C@@H](C(=O)O)N2C1=O. The molecule has 0 aromatic heterocycles.